The Hall–Kier alpha value is -9.82. The van der Waals surface area contributed by atoms with Crippen molar-refractivity contribution in [2.75, 3.05) is 19.8 Å². The lowest BCUT2D eigenvalue weighted by Crippen LogP contribution is -2.68. The first-order chi connectivity index (χ1) is 46.9. The van der Waals surface area contributed by atoms with Gasteiger partial charge in [-0.25, -0.2) is 28.8 Å². The molecule has 0 saturated carbocycles. The predicted molar refractivity (Wildman–Crippen MR) is 335 cm³/mol. The molecule has 0 bridgehead atoms. The Morgan fingerprint density at radius 1 is 0.354 bits per heavy atom. The fourth-order valence-electron chi connectivity index (χ4n) is 11.3. The van der Waals surface area contributed by atoms with Crippen LogP contribution in [0.15, 0.2) is 243 Å². The molecular formula is C74H66O22. The van der Waals surface area contributed by atoms with Gasteiger partial charge in [0.15, 0.2) is 49.6 Å². The maximum atomic E-state index is 14.9. The van der Waals surface area contributed by atoms with Gasteiger partial charge in [0.25, 0.3) is 0 Å². The van der Waals surface area contributed by atoms with E-state index < -0.39 is 147 Å². The Morgan fingerprint density at radius 3 is 1.11 bits per heavy atom. The lowest BCUT2D eigenvalue weighted by atomic mass is 9.95. The number of hydrogen-bond acceptors (Lipinski definition) is 22. The predicted octanol–water partition coefficient (Wildman–Crippen LogP) is 8.60. The molecule has 16 atom stereocenters. The third-order valence-electron chi connectivity index (χ3n) is 16.2. The van der Waals surface area contributed by atoms with Crippen LogP contribution in [-0.2, 0) is 72.9 Å². The van der Waals surface area contributed by atoms with Gasteiger partial charge in [-0.3, -0.25) is 0 Å². The molecule has 4 aliphatic rings. The maximum Gasteiger partial charge on any atom is 0.338 e. The molecule has 22 nitrogen and oxygen atoms in total. The molecule has 12 rings (SSSR count). The van der Waals surface area contributed by atoms with Crippen molar-refractivity contribution in [3.8, 4) is 0 Å². The first kappa shape index (κ1) is 66.2. The quantitative estimate of drug-likeness (QED) is 0.0475. The molecule has 2 N–H and O–H groups in total. The summed E-state index contributed by atoms with van der Waals surface area (Å²) < 4.78 is 90.8. The van der Waals surface area contributed by atoms with Crippen molar-refractivity contribution >= 4 is 35.8 Å². The van der Waals surface area contributed by atoms with Crippen molar-refractivity contribution in [2.45, 2.75) is 105 Å². The standard InChI is InChI=1S/C74H66O22/c75-56-57(76)72(87-53-44-86-71(94-58(53)56)52-39-23-8-24-40-52)95-59-55(43-84-66(78)47-29-13-3-14-30-47)89-74(64(93-70(82)51-37-21-7-22-38-51)62(59)91-68(80)49-33-17-5-18-34-49)96-60-54(42-83-65(77)46-27-11-2-12-28-46)88-73(85-41-45-25-9-1-10-26-45)63(92-69(81)50-35-19-6-20-36-50)61(60)90-67(79)48-31-15-4-16-32-48/h1-40,53-64,71-76H,41-44H2/t53-,54-,55-,56-,57-,58-,59-,60-,61+,62+,63+,64+,71-,72+,73-,74+/m1/s1. The van der Waals surface area contributed by atoms with E-state index in [9.17, 15) is 39.0 Å². The first-order valence-corrected chi connectivity index (χ1v) is 31.0. The summed E-state index contributed by atoms with van der Waals surface area (Å²) in [6, 6.07) is 64.8. The van der Waals surface area contributed by atoms with Crippen LogP contribution in [0.3, 0.4) is 0 Å². The van der Waals surface area contributed by atoms with Gasteiger partial charge in [-0.2, -0.15) is 0 Å². The average molecular weight is 1310 g/mol. The molecule has 494 valence electrons. The van der Waals surface area contributed by atoms with E-state index in [1.165, 1.54) is 72.8 Å². The second-order valence-corrected chi connectivity index (χ2v) is 22.7. The van der Waals surface area contributed by atoms with E-state index in [1.807, 2.05) is 6.07 Å². The zero-order chi connectivity index (χ0) is 66.3. The van der Waals surface area contributed by atoms with Crippen LogP contribution in [0.2, 0.25) is 0 Å². The van der Waals surface area contributed by atoms with E-state index in [1.54, 1.807) is 164 Å². The summed E-state index contributed by atoms with van der Waals surface area (Å²) >= 11 is 0. The molecule has 4 fully saturated rings. The van der Waals surface area contributed by atoms with Crippen molar-refractivity contribution in [3.63, 3.8) is 0 Å². The average Bonchev–Trinajstić information content (AvgIpc) is 0.768. The number of aliphatic hydroxyl groups is 2. The summed E-state index contributed by atoms with van der Waals surface area (Å²) in [5, 5.41) is 24.1. The Labute approximate surface area is 550 Å². The number of aliphatic hydroxyl groups excluding tert-OH is 2. The first-order valence-electron chi connectivity index (χ1n) is 31.0. The van der Waals surface area contributed by atoms with E-state index in [2.05, 4.69) is 0 Å². The molecule has 0 aromatic heterocycles. The summed E-state index contributed by atoms with van der Waals surface area (Å²) in [7, 11) is 0. The molecule has 8 aromatic rings. The van der Waals surface area contributed by atoms with Gasteiger partial charge in [0.1, 0.15) is 62.0 Å². The summed E-state index contributed by atoms with van der Waals surface area (Å²) in [6.45, 7) is -1.88. The van der Waals surface area contributed by atoms with Crippen LogP contribution in [0.5, 0.6) is 0 Å². The van der Waals surface area contributed by atoms with Crippen molar-refractivity contribution in [1.82, 2.24) is 0 Å². The van der Waals surface area contributed by atoms with Gasteiger partial charge < -0.3 is 76.5 Å². The zero-order valence-electron chi connectivity index (χ0n) is 51.2. The Bertz CT molecular complexity index is 3840. The van der Waals surface area contributed by atoms with E-state index in [0.717, 1.165) is 0 Å². The van der Waals surface area contributed by atoms with Gasteiger partial charge >= 0.3 is 35.8 Å². The highest BCUT2D eigenvalue weighted by atomic mass is 16.8. The van der Waals surface area contributed by atoms with Crippen LogP contribution in [0.4, 0.5) is 0 Å². The highest BCUT2D eigenvalue weighted by Gasteiger charge is 2.60. The minimum Gasteiger partial charge on any atom is -0.459 e. The fourth-order valence-corrected chi connectivity index (χ4v) is 11.3. The number of esters is 6. The topological polar surface area (TPSA) is 272 Å². The number of ether oxygens (including phenoxy) is 14. The Kier molecular flexibility index (Phi) is 21.8. The third-order valence-corrected chi connectivity index (χ3v) is 16.2. The van der Waals surface area contributed by atoms with Crippen molar-refractivity contribution in [1.29, 1.82) is 0 Å². The molecule has 0 unspecified atom stereocenters. The molecule has 96 heavy (non-hydrogen) atoms. The number of carbonyl (C=O) groups excluding carboxylic acids is 6. The lowest BCUT2D eigenvalue weighted by Gasteiger charge is -2.50. The van der Waals surface area contributed by atoms with Gasteiger partial charge in [0, 0.05) is 5.56 Å². The summed E-state index contributed by atoms with van der Waals surface area (Å²) in [6.07, 6.45) is -27.4. The van der Waals surface area contributed by atoms with E-state index >= 15 is 0 Å². The second-order valence-electron chi connectivity index (χ2n) is 22.7. The second kappa shape index (κ2) is 31.6. The number of hydrogen-bond donors (Lipinski definition) is 2. The minimum absolute atomic E-state index is 0.0180. The SMILES string of the molecule is O=C(OC[C@H]1O[C@@H](O[C@H]2[C@H](OC(=O)c3ccccc3)[C@H](OC(=O)c3ccccc3)[C@H](OCc3ccccc3)O[C@@H]2COC(=O)c2ccccc2)[C@@H](OC(=O)c2ccccc2)[C@@H](OC(=O)c2ccccc2)[C@@H]1O[C@@H]1O[C@@H]2CO[C@@H](c3ccccc3)O[C@H]2[C@H](O)[C@H]1O)c1ccccc1. The molecule has 4 saturated heterocycles. The summed E-state index contributed by atoms with van der Waals surface area (Å²) in [4.78, 5) is 87.5. The normalized spacial score (nSPS) is 26.9. The molecule has 0 aliphatic carbocycles. The fraction of sp³-hybridized carbons (Fsp3) is 0.270. The number of fused-ring (bicyclic) bond motifs is 1. The van der Waals surface area contributed by atoms with Crippen LogP contribution in [-0.4, -0.2) is 158 Å². The van der Waals surface area contributed by atoms with Crippen LogP contribution in [0, 0.1) is 0 Å². The van der Waals surface area contributed by atoms with E-state index in [-0.39, 0.29) is 46.6 Å². The number of carbonyl (C=O) groups is 6. The van der Waals surface area contributed by atoms with Crippen LogP contribution < -0.4 is 0 Å². The zero-order valence-corrected chi connectivity index (χ0v) is 51.2. The van der Waals surface area contributed by atoms with Gasteiger partial charge in [-0.1, -0.05) is 170 Å². The molecule has 8 aromatic carbocycles. The van der Waals surface area contributed by atoms with Crippen molar-refractivity contribution in [2.24, 2.45) is 0 Å². The molecular weight excluding hydrogens is 1240 g/mol. The van der Waals surface area contributed by atoms with E-state index in [0.29, 0.717) is 11.1 Å². The Balaban J connectivity index is 0.990. The van der Waals surface area contributed by atoms with Crippen LogP contribution in [0.1, 0.15) is 79.6 Å². The Morgan fingerprint density at radius 2 is 0.698 bits per heavy atom. The molecule has 0 amide bonds. The van der Waals surface area contributed by atoms with Gasteiger partial charge in [0.05, 0.1) is 46.6 Å². The van der Waals surface area contributed by atoms with Crippen LogP contribution in [0.25, 0.3) is 0 Å². The molecule has 4 heterocycles. The smallest absolute Gasteiger partial charge is 0.338 e. The summed E-state index contributed by atoms with van der Waals surface area (Å²) in [5.41, 5.74) is 1.53. The highest BCUT2D eigenvalue weighted by Crippen LogP contribution is 2.40. The van der Waals surface area contributed by atoms with Gasteiger partial charge in [0.2, 0.25) is 0 Å². The lowest BCUT2D eigenvalue weighted by molar-refractivity contribution is -0.392. The minimum atomic E-state index is -2.13. The molecule has 0 radical (unpaired) electrons. The largest absolute Gasteiger partial charge is 0.459 e. The number of rotatable bonds is 22. The van der Waals surface area contributed by atoms with Crippen LogP contribution >= 0.6 is 0 Å². The van der Waals surface area contributed by atoms with Gasteiger partial charge in [-0.15, -0.1) is 0 Å². The van der Waals surface area contributed by atoms with E-state index in [4.69, 9.17) is 66.3 Å². The monoisotopic (exact) mass is 1310 g/mol. The number of benzene rings is 8. The van der Waals surface area contributed by atoms with Gasteiger partial charge in [-0.05, 0) is 78.4 Å². The highest BCUT2D eigenvalue weighted by molar-refractivity contribution is 5.92. The third kappa shape index (κ3) is 16.1. The molecule has 0 spiro atoms. The molecule has 22 heteroatoms. The summed E-state index contributed by atoms with van der Waals surface area (Å²) in [5.74, 6) is -5.71. The van der Waals surface area contributed by atoms with Crippen molar-refractivity contribution < 1.29 is 105 Å². The van der Waals surface area contributed by atoms with Crippen molar-refractivity contribution in [3.05, 3.63) is 287 Å². The molecule has 4 aliphatic heterocycles. The maximum absolute atomic E-state index is 14.9.